The third kappa shape index (κ3) is 8.27. The fraction of sp³-hybridized carbons (Fsp3) is 0.429. The van der Waals surface area contributed by atoms with Crippen LogP contribution in [0.4, 0.5) is 25.1 Å². The van der Waals surface area contributed by atoms with Gasteiger partial charge in [0, 0.05) is 51.6 Å². The zero-order valence-electron chi connectivity index (χ0n) is 34.0. The Kier molecular flexibility index (Phi) is 11.5. The lowest BCUT2D eigenvalue weighted by Crippen LogP contribution is -2.49. The van der Waals surface area contributed by atoms with Gasteiger partial charge in [-0.2, -0.15) is 23.1 Å². The van der Waals surface area contributed by atoms with Crippen LogP contribution in [0.2, 0.25) is 0 Å². The van der Waals surface area contributed by atoms with Gasteiger partial charge in [0.15, 0.2) is 17.4 Å². The summed E-state index contributed by atoms with van der Waals surface area (Å²) in [5.41, 5.74) is 1.00. The summed E-state index contributed by atoms with van der Waals surface area (Å²) in [6.07, 6.45) is 6.98. The van der Waals surface area contributed by atoms with Gasteiger partial charge in [-0.1, -0.05) is 6.92 Å². The number of aromatic nitrogens is 4. The molecule has 16 nitrogen and oxygen atoms in total. The van der Waals surface area contributed by atoms with Gasteiger partial charge in [-0.3, -0.25) is 33.8 Å². The quantitative estimate of drug-likeness (QED) is 0.166. The van der Waals surface area contributed by atoms with Crippen molar-refractivity contribution in [2.75, 3.05) is 42.8 Å². The molecule has 61 heavy (non-hydrogen) atoms. The number of imide groups is 1. The van der Waals surface area contributed by atoms with E-state index in [0.717, 1.165) is 73.6 Å². The summed E-state index contributed by atoms with van der Waals surface area (Å²) in [4.78, 5) is 46.3. The Hall–Kier alpha value is -5.97. The molecule has 5 aromatic rings. The van der Waals surface area contributed by atoms with Crippen LogP contribution < -0.4 is 25.2 Å². The zero-order valence-corrected chi connectivity index (χ0v) is 34.8. The summed E-state index contributed by atoms with van der Waals surface area (Å²) in [6.45, 7) is 4.21. The lowest BCUT2D eigenvalue weighted by molar-refractivity contribution is -0.120. The number of fused-ring (bicyclic) bond motifs is 2. The Labute approximate surface area is 350 Å². The van der Waals surface area contributed by atoms with Crippen LogP contribution in [0.25, 0.3) is 21.8 Å². The summed E-state index contributed by atoms with van der Waals surface area (Å²) >= 11 is 0. The first kappa shape index (κ1) is 41.8. The van der Waals surface area contributed by atoms with Gasteiger partial charge < -0.3 is 9.64 Å². The van der Waals surface area contributed by atoms with Crippen molar-refractivity contribution in [3.05, 3.63) is 81.9 Å². The van der Waals surface area contributed by atoms with Crippen LogP contribution in [0.5, 0.6) is 11.5 Å². The van der Waals surface area contributed by atoms with E-state index in [1.165, 1.54) is 36.5 Å². The summed E-state index contributed by atoms with van der Waals surface area (Å²) in [6, 6.07) is 11.6. The molecule has 1 saturated carbocycles. The maximum atomic E-state index is 15.7. The molecular formula is C42H46F2N10O6S. The number of halogens is 2. The molecule has 8 rings (SSSR count). The van der Waals surface area contributed by atoms with Crippen LogP contribution in [0.15, 0.2) is 53.6 Å². The van der Waals surface area contributed by atoms with E-state index in [1.807, 2.05) is 12.1 Å². The molecule has 2 saturated heterocycles. The molecule has 0 spiro atoms. The smallest absolute Gasteiger partial charge is 0.329 e. The number of aryl methyl sites for hydroxylation is 1. The number of rotatable bonds is 11. The molecule has 0 bridgehead atoms. The Morgan fingerprint density at radius 1 is 0.984 bits per heavy atom. The topological polar surface area (TPSA) is 188 Å². The first-order chi connectivity index (χ1) is 29.2. The highest BCUT2D eigenvalue weighted by atomic mass is 32.2. The third-order valence-corrected chi connectivity index (χ3v) is 13.9. The minimum Gasteiger partial charge on any atom is -0.453 e. The second kappa shape index (κ2) is 16.8. The number of amides is 3. The van der Waals surface area contributed by atoms with E-state index in [9.17, 15) is 28.1 Å². The van der Waals surface area contributed by atoms with E-state index < -0.39 is 27.8 Å². The van der Waals surface area contributed by atoms with Crippen LogP contribution in [0.3, 0.4) is 0 Å². The molecule has 0 unspecified atom stereocenters. The van der Waals surface area contributed by atoms with Crippen LogP contribution in [0, 0.1) is 28.9 Å². The van der Waals surface area contributed by atoms with E-state index in [0.29, 0.717) is 34.9 Å². The van der Waals surface area contributed by atoms with Crippen molar-refractivity contribution in [3.63, 3.8) is 0 Å². The molecule has 2 N–H and O–H groups in total. The number of piperidine rings is 1. The normalized spacial score (nSPS) is 19.4. The van der Waals surface area contributed by atoms with E-state index in [2.05, 4.69) is 25.0 Å². The van der Waals surface area contributed by atoms with Gasteiger partial charge in [0.05, 0.1) is 28.4 Å². The van der Waals surface area contributed by atoms with Crippen molar-refractivity contribution in [1.82, 2.24) is 33.9 Å². The Balaban J connectivity index is 0.890. The van der Waals surface area contributed by atoms with E-state index in [4.69, 9.17) is 4.74 Å². The molecular weight excluding hydrogens is 811 g/mol. The van der Waals surface area contributed by atoms with Crippen molar-refractivity contribution in [2.24, 2.45) is 13.0 Å². The summed E-state index contributed by atoms with van der Waals surface area (Å²) in [7, 11) is -0.882. The number of anilines is 2. The fourth-order valence-electron chi connectivity index (χ4n) is 8.77. The number of urea groups is 1. The molecule has 3 fully saturated rings. The van der Waals surface area contributed by atoms with Gasteiger partial charge in [0.2, 0.25) is 5.91 Å². The first-order valence-electron chi connectivity index (χ1n) is 20.4. The molecule has 2 aliphatic heterocycles. The lowest BCUT2D eigenvalue weighted by Gasteiger charge is -2.41. The molecule has 0 radical (unpaired) electrons. The third-order valence-electron chi connectivity index (χ3n) is 12.3. The molecule has 4 heterocycles. The van der Waals surface area contributed by atoms with E-state index in [-0.39, 0.29) is 71.0 Å². The first-order valence-corrected chi connectivity index (χ1v) is 21.8. The monoisotopic (exact) mass is 856 g/mol. The van der Waals surface area contributed by atoms with Crippen molar-refractivity contribution >= 4 is 55.5 Å². The molecule has 320 valence electrons. The number of ether oxygens (including phenoxy) is 1. The van der Waals surface area contributed by atoms with Gasteiger partial charge in [0.1, 0.15) is 23.2 Å². The highest BCUT2D eigenvalue weighted by molar-refractivity contribution is 7.90. The van der Waals surface area contributed by atoms with Crippen molar-refractivity contribution in [2.45, 2.75) is 70.4 Å². The standard InChI is InChI=1S/C42H46F2N10O6S/c1-4-50(2)61(58,59)49-36-12-10-33(43)39(32(36)22-45)60-28-9-11-35-30(19-28)41(56)53(24-46-35)23-25-13-16-52(17-14-25)27-7-5-26(6-8-27)29-21-37-31(20-34(29)44)40(48-51(37)3)54-18-15-38(55)47-42(54)57/h9-12,19-21,24-27,49H,4-8,13-18,23H2,1-3H3,(H,47,55,57). The number of likely N-dealkylation sites (tertiary alicyclic amines) is 1. The van der Waals surface area contributed by atoms with Crippen LogP contribution in [-0.4, -0.2) is 88.2 Å². The second-order valence-electron chi connectivity index (χ2n) is 16.0. The Morgan fingerprint density at radius 3 is 2.44 bits per heavy atom. The second-order valence-corrected chi connectivity index (χ2v) is 17.8. The van der Waals surface area contributed by atoms with Gasteiger partial charge >= 0.3 is 16.2 Å². The average molecular weight is 857 g/mol. The van der Waals surface area contributed by atoms with Gasteiger partial charge in [-0.05, 0) is 111 Å². The minimum atomic E-state index is -4.01. The number of nitriles is 1. The zero-order chi connectivity index (χ0) is 43.2. The van der Waals surface area contributed by atoms with E-state index >= 15 is 8.78 Å². The lowest BCUT2D eigenvalue weighted by atomic mass is 9.80. The largest absolute Gasteiger partial charge is 0.453 e. The molecule has 3 aliphatic rings. The number of hydrogen-bond acceptors (Lipinski definition) is 10. The number of benzene rings is 3. The van der Waals surface area contributed by atoms with Crippen LogP contribution in [-0.2, 0) is 28.6 Å². The van der Waals surface area contributed by atoms with E-state index in [1.54, 1.807) is 29.3 Å². The highest BCUT2D eigenvalue weighted by Gasteiger charge is 2.33. The number of carbonyl (C=O) groups is 2. The predicted molar refractivity (Wildman–Crippen MR) is 224 cm³/mol. The van der Waals surface area contributed by atoms with Crippen molar-refractivity contribution in [3.8, 4) is 17.6 Å². The highest BCUT2D eigenvalue weighted by Crippen LogP contribution is 2.40. The maximum absolute atomic E-state index is 15.7. The number of carbonyl (C=O) groups excluding carboxylic acids is 2. The predicted octanol–water partition coefficient (Wildman–Crippen LogP) is 5.72. The maximum Gasteiger partial charge on any atom is 0.329 e. The number of nitrogens with one attached hydrogen (secondary N) is 2. The molecule has 3 amide bonds. The van der Waals surface area contributed by atoms with Crippen molar-refractivity contribution < 1.29 is 31.5 Å². The average Bonchev–Trinajstić information content (AvgIpc) is 3.56. The van der Waals surface area contributed by atoms with Crippen LogP contribution >= 0.6 is 0 Å². The molecule has 3 aromatic carbocycles. The SMILES string of the molecule is CCN(C)S(=O)(=O)Nc1ccc(F)c(Oc2ccc3ncn(CC4CCN(C5CCC(c6cc7c(cc6F)c(N6CCC(=O)NC6=O)nn7C)CC5)CC4)c(=O)c3c2)c1C#N. The summed E-state index contributed by atoms with van der Waals surface area (Å²) in [5.74, 6) is -1.34. The minimum absolute atomic E-state index is 0.0527. The van der Waals surface area contributed by atoms with Gasteiger partial charge in [-0.25, -0.2) is 18.6 Å². The molecule has 2 aromatic heterocycles. The Bertz CT molecular complexity index is 2750. The number of nitrogens with zero attached hydrogens (tertiary/aromatic N) is 8. The van der Waals surface area contributed by atoms with Gasteiger partial charge in [0.25, 0.3) is 5.56 Å². The fourth-order valence-corrected chi connectivity index (χ4v) is 9.72. The number of hydrogen-bond donors (Lipinski definition) is 2. The van der Waals surface area contributed by atoms with Gasteiger partial charge in [-0.15, -0.1) is 0 Å². The van der Waals surface area contributed by atoms with Crippen molar-refractivity contribution in [1.29, 1.82) is 5.26 Å². The molecule has 0 atom stereocenters. The molecule has 19 heteroatoms. The Morgan fingerprint density at radius 2 is 1.74 bits per heavy atom. The summed E-state index contributed by atoms with van der Waals surface area (Å²) in [5, 5.41) is 17.5. The summed E-state index contributed by atoms with van der Waals surface area (Å²) < 4.78 is 68.5. The molecule has 1 aliphatic carbocycles. The van der Waals surface area contributed by atoms with Crippen LogP contribution in [0.1, 0.15) is 68.9 Å².